The fourth-order valence-electron chi connectivity index (χ4n) is 2.88. The lowest BCUT2D eigenvalue weighted by molar-refractivity contribution is -0.161. The molecule has 2 rings (SSSR count). The molecule has 0 aliphatic rings. The number of aliphatic imine (C=N–C) groups is 1. The molecule has 150 valence electrons. The Balaban J connectivity index is 2.71. The molecule has 0 fully saturated rings. The number of carbonyl (C=O) groups excluding carboxylic acids is 1. The number of rotatable bonds is 7. The highest BCUT2D eigenvalue weighted by atomic mass is 16.6. The zero-order valence-corrected chi connectivity index (χ0v) is 17.6. The summed E-state index contributed by atoms with van der Waals surface area (Å²) in [7, 11) is 0. The molecule has 0 N–H and O–H groups in total. The van der Waals surface area contributed by atoms with Crippen molar-refractivity contribution in [3.05, 3.63) is 83.9 Å². The Morgan fingerprint density at radius 3 is 1.97 bits per heavy atom. The molecular formula is C25H28N2O2. The van der Waals surface area contributed by atoms with E-state index in [1.165, 1.54) is 0 Å². The summed E-state index contributed by atoms with van der Waals surface area (Å²) in [5.74, 6) is -0.492. The van der Waals surface area contributed by atoms with Crippen LogP contribution in [-0.4, -0.2) is 22.8 Å². The standard InChI is InChI=1S/C25H28N2O2/c1-5-6-17-25(18-19-26,23(28)29-24(2,3)4)27-22(20-13-9-7-10-14-20)21-15-11-8-12-16-21/h5-16H,17-18H2,1-4H3/b6-5+. The van der Waals surface area contributed by atoms with Crippen LogP contribution in [0.25, 0.3) is 0 Å². The average Bonchev–Trinajstić information content (AvgIpc) is 2.70. The predicted octanol–water partition coefficient (Wildman–Crippen LogP) is 5.48. The number of nitriles is 1. The number of nitrogens with zero attached hydrogens (tertiary/aromatic N) is 2. The van der Waals surface area contributed by atoms with Crippen molar-refractivity contribution >= 4 is 11.7 Å². The van der Waals surface area contributed by atoms with E-state index in [1.807, 2.05) is 101 Å². The molecule has 0 radical (unpaired) electrons. The third-order valence-electron chi connectivity index (χ3n) is 4.26. The highest BCUT2D eigenvalue weighted by Crippen LogP contribution is 2.28. The van der Waals surface area contributed by atoms with Crippen molar-refractivity contribution in [3.63, 3.8) is 0 Å². The Hall–Kier alpha value is -3.19. The van der Waals surface area contributed by atoms with Crippen LogP contribution in [-0.2, 0) is 9.53 Å². The van der Waals surface area contributed by atoms with Crippen LogP contribution in [0.15, 0.2) is 77.8 Å². The first kappa shape index (κ1) is 22.1. The molecule has 2 aromatic rings. The van der Waals surface area contributed by atoms with Crippen LogP contribution in [0.5, 0.6) is 0 Å². The van der Waals surface area contributed by atoms with Crippen molar-refractivity contribution in [1.82, 2.24) is 0 Å². The van der Waals surface area contributed by atoms with E-state index < -0.39 is 17.1 Å². The number of carbonyl (C=O) groups is 1. The summed E-state index contributed by atoms with van der Waals surface area (Å²) in [6.45, 7) is 7.33. The van der Waals surface area contributed by atoms with Gasteiger partial charge in [0.1, 0.15) is 5.60 Å². The molecule has 29 heavy (non-hydrogen) atoms. The van der Waals surface area contributed by atoms with E-state index in [0.717, 1.165) is 11.1 Å². The highest BCUT2D eigenvalue weighted by molar-refractivity contribution is 6.13. The summed E-state index contributed by atoms with van der Waals surface area (Å²) in [5, 5.41) is 9.55. The van der Waals surface area contributed by atoms with Gasteiger partial charge in [-0.1, -0.05) is 72.8 Å². The van der Waals surface area contributed by atoms with E-state index >= 15 is 0 Å². The molecule has 4 heteroatoms. The lowest BCUT2D eigenvalue weighted by Gasteiger charge is -2.30. The van der Waals surface area contributed by atoms with Gasteiger partial charge in [-0.25, -0.2) is 4.79 Å². The van der Waals surface area contributed by atoms with Gasteiger partial charge in [-0.15, -0.1) is 0 Å². The quantitative estimate of drug-likeness (QED) is 0.358. The molecule has 1 atom stereocenters. The van der Waals surface area contributed by atoms with Gasteiger partial charge in [-0.05, 0) is 27.7 Å². The summed E-state index contributed by atoms with van der Waals surface area (Å²) >= 11 is 0. The summed E-state index contributed by atoms with van der Waals surface area (Å²) in [6.07, 6.45) is 3.93. The Morgan fingerprint density at radius 2 is 1.55 bits per heavy atom. The van der Waals surface area contributed by atoms with E-state index in [0.29, 0.717) is 5.71 Å². The maximum absolute atomic E-state index is 13.3. The van der Waals surface area contributed by atoms with E-state index in [1.54, 1.807) is 0 Å². The first-order valence-electron chi connectivity index (χ1n) is 9.73. The van der Waals surface area contributed by atoms with Crippen LogP contribution < -0.4 is 0 Å². The van der Waals surface area contributed by atoms with Gasteiger partial charge in [-0.2, -0.15) is 5.26 Å². The lowest BCUT2D eigenvalue weighted by Crippen LogP contribution is -2.42. The molecule has 0 aliphatic heterocycles. The number of hydrogen-bond donors (Lipinski definition) is 0. The van der Waals surface area contributed by atoms with Gasteiger partial charge < -0.3 is 4.74 Å². The topological polar surface area (TPSA) is 62.5 Å². The maximum Gasteiger partial charge on any atom is 0.335 e. The van der Waals surface area contributed by atoms with Crippen LogP contribution in [0.2, 0.25) is 0 Å². The maximum atomic E-state index is 13.3. The van der Waals surface area contributed by atoms with Crippen LogP contribution >= 0.6 is 0 Å². The zero-order valence-electron chi connectivity index (χ0n) is 17.6. The van der Waals surface area contributed by atoms with Gasteiger partial charge in [0, 0.05) is 17.5 Å². The Bertz CT molecular complexity index is 862. The van der Waals surface area contributed by atoms with Crippen molar-refractivity contribution in [2.24, 2.45) is 4.99 Å². The van der Waals surface area contributed by atoms with Gasteiger partial charge in [0.2, 0.25) is 0 Å². The largest absolute Gasteiger partial charge is 0.458 e. The monoisotopic (exact) mass is 388 g/mol. The normalized spacial score (nSPS) is 13.3. The van der Waals surface area contributed by atoms with Gasteiger partial charge >= 0.3 is 5.97 Å². The average molecular weight is 389 g/mol. The smallest absolute Gasteiger partial charge is 0.335 e. The first-order valence-corrected chi connectivity index (χ1v) is 9.73. The molecule has 4 nitrogen and oxygen atoms in total. The minimum Gasteiger partial charge on any atom is -0.458 e. The van der Waals surface area contributed by atoms with Gasteiger partial charge in [0.25, 0.3) is 0 Å². The van der Waals surface area contributed by atoms with Crippen LogP contribution in [0.1, 0.15) is 51.7 Å². The first-order chi connectivity index (χ1) is 13.8. The van der Waals surface area contributed by atoms with Crippen molar-refractivity contribution in [2.45, 2.75) is 51.7 Å². The SMILES string of the molecule is C/C=C/CC(CC#N)(N=C(c1ccccc1)c1ccccc1)C(=O)OC(C)(C)C. The van der Waals surface area contributed by atoms with Crippen molar-refractivity contribution < 1.29 is 9.53 Å². The molecule has 1 unspecified atom stereocenters. The Morgan fingerprint density at radius 1 is 1.03 bits per heavy atom. The molecule has 0 heterocycles. The zero-order chi connectivity index (χ0) is 21.3. The van der Waals surface area contributed by atoms with Crippen molar-refractivity contribution in [3.8, 4) is 6.07 Å². The van der Waals surface area contributed by atoms with Gasteiger partial charge in [-0.3, -0.25) is 4.99 Å². The van der Waals surface area contributed by atoms with E-state index in [4.69, 9.17) is 9.73 Å². The fourth-order valence-corrected chi connectivity index (χ4v) is 2.88. The highest BCUT2D eigenvalue weighted by Gasteiger charge is 2.41. The molecule has 0 aromatic heterocycles. The fraction of sp³-hybridized carbons (Fsp3) is 0.320. The molecule has 0 saturated heterocycles. The van der Waals surface area contributed by atoms with Crippen molar-refractivity contribution in [1.29, 1.82) is 5.26 Å². The third-order valence-corrected chi connectivity index (χ3v) is 4.26. The molecule has 0 aliphatic carbocycles. The van der Waals surface area contributed by atoms with Crippen LogP contribution in [0.4, 0.5) is 0 Å². The molecule has 0 bridgehead atoms. The second-order valence-corrected chi connectivity index (χ2v) is 7.83. The van der Waals surface area contributed by atoms with Gasteiger partial charge in [0.15, 0.2) is 5.54 Å². The minimum absolute atomic E-state index is 0.0740. The minimum atomic E-state index is -1.32. The summed E-state index contributed by atoms with van der Waals surface area (Å²) in [6, 6.07) is 21.5. The number of benzene rings is 2. The number of ether oxygens (including phenoxy) is 1. The number of hydrogen-bond acceptors (Lipinski definition) is 4. The van der Waals surface area contributed by atoms with Crippen LogP contribution in [0.3, 0.4) is 0 Å². The van der Waals surface area contributed by atoms with Gasteiger partial charge in [0.05, 0.1) is 18.2 Å². The van der Waals surface area contributed by atoms with E-state index in [2.05, 4.69) is 6.07 Å². The van der Waals surface area contributed by atoms with Crippen molar-refractivity contribution in [2.75, 3.05) is 0 Å². The summed E-state index contributed by atoms with van der Waals surface area (Å²) in [4.78, 5) is 18.2. The molecule has 0 spiro atoms. The Kier molecular flexibility index (Phi) is 7.50. The summed E-state index contributed by atoms with van der Waals surface area (Å²) in [5.41, 5.74) is 0.422. The number of allylic oxidation sites excluding steroid dienone is 1. The van der Waals surface area contributed by atoms with E-state index in [9.17, 15) is 10.1 Å². The van der Waals surface area contributed by atoms with Crippen LogP contribution in [0, 0.1) is 11.3 Å². The number of esters is 1. The second-order valence-electron chi connectivity index (χ2n) is 7.83. The molecule has 0 amide bonds. The third kappa shape index (κ3) is 6.15. The molecule has 2 aromatic carbocycles. The molecule has 0 saturated carbocycles. The summed E-state index contributed by atoms with van der Waals surface area (Å²) < 4.78 is 5.69. The second kappa shape index (κ2) is 9.84. The van der Waals surface area contributed by atoms with E-state index in [-0.39, 0.29) is 12.8 Å². The predicted molar refractivity (Wildman–Crippen MR) is 117 cm³/mol. The Labute approximate surface area is 173 Å². The lowest BCUT2D eigenvalue weighted by atomic mass is 9.90. The molecular weight excluding hydrogens is 360 g/mol.